The molecular weight excluding hydrogens is 322 g/mol. The Hall–Kier alpha value is 0.357. The van der Waals surface area contributed by atoms with E-state index in [2.05, 4.69) is 0 Å². The SMILES string of the molecule is CCO[Si](C)(C)Oc1c(Cl)c(Cl)cc(Cl)c1Cl. The number of halogens is 4. The summed E-state index contributed by atoms with van der Waals surface area (Å²) in [7, 11) is -2.34. The molecule has 7 heteroatoms. The molecule has 0 saturated carbocycles. The van der Waals surface area contributed by atoms with Crippen molar-refractivity contribution in [3.05, 3.63) is 26.2 Å². The van der Waals surface area contributed by atoms with Crippen molar-refractivity contribution >= 4 is 55.0 Å². The molecule has 0 heterocycles. The van der Waals surface area contributed by atoms with Gasteiger partial charge in [0.15, 0.2) is 0 Å². The Labute approximate surface area is 122 Å². The molecule has 0 fully saturated rings. The molecule has 1 rings (SSSR count). The van der Waals surface area contributed by atoms with E-state index < -0.39 is 8.56 Å². The first-order valence-electron chi connectivity index (χ1n) is 4.94. The molecule has 0 bridgehead atoms. The van der Waals surface area contributed by atoms with Gasteiger partial charge in [-0.05, 0) is 26.1 Å². The van der Waals surface area contributed by atoms with E-state index in [0.29, 0.717) is 16.7 Å². The van der Waals surface area contributed by atoms with Crippen molar-refractivity contribution in [2.24, 2.45) is 0 Å². The highest BCUT2D eigenvalue weighted by molar-refractivity contribution is 6.65. The molecular formula is C10H12Cl4O2Si. The fourth-order valence-corrected chi connectivity index (χ4v) is 3.71. The van der Waals surface area contributed by atoms with Gasteiger partial charge in [-0.25, -0.2) is 0 Å². The van der Waals surface area contributed by atoms with E-state index in [1.165, 1.54) is 6.07 Å². The topological polar surface area (TPSA) is 18.5 Å². The zero-order chi connectivity index (χ0) is 13.2. The van der Waals surface area contributed by atoms with Gasteiger partial charge in [-0.1, -0.05) is 46.4 Å². The molecule has 0 radical (unpaired) electrons. The molecule has 0 amide bonds. The van der Waals surface area contributed by atoms with Gasteiger partial charge in [0, 0.05) is 6.61 Å². The Morgan fingerprint density at radius 3 is 1.94 bits per heavy atom. The van der Waals surface area contributed by atoms with Crippen molar-refractivity contribution in [1.82, 2.24) is 0 Å². The van der Waals surface area contributed by atoms with Crippen LogP contribution in [0.4, 0.5) is 0 Å². The second-order valence-corrected chi connectivity index (χ2v) is 8.59. The van der Waals surface area contributed by atoms with Crippen LogP contribution in [0.25, 0.3) is 0 Å². The molecule has 0 aromatic heterocycles. The van der Waals surface area contributed by atoms with E-state index in [1.54, 1.807) is 0 Å². The van der Waals surface area contributed by atoms with Gasteiger partial charge in [-0.2, -0.15) is 0 Å². The minimum absolute atomic E-state index is 0.251. The molecule has 0 aliphatic rings. The summed E-state index contributed by atoms with van der Waals surface area (Å²) in [6.45, 7) is 6.23. The summed E-state index contributed by atoms with van der Waals surface area (Å²) in [4.78, 5) is 0. The summed E-state index contributed by atoms with van der Waals surface area (Å²) in [6, 6.07) is 1.48. The fraction of sp³-hybridized carbons (Fsp3) is 0.400. The summed E-state index contributed by atoms with van der Waals surface area (Å²) >= 11 is 23.9. The van der Waals surface area contributed by atoms with Gasteiger partial charge in [0.1, 0.15) is 15.8 Å². The largest absolute Gasteiger partial charge is 0.518 e. The van der Waals surface area contributed by atoms with Crippen LogP contribution in [0.1, 0.15) is 6.92 Å². The molecule has 0 unspecified atom stereocenters. The van der Waals surface area contributed by atoms with E-state index in [9.17, 15) is 0 Å². The number of rotatable bonds is 4. The highest BCUT2D eigenvalue weighted by Gasteiger charge is 2.29. The van der Waals surface area contributed by atoms with Crippen LogP contribution in [-0.4, -0.2) is 15.2 Å². The number of hydrogen-bond acceptors (Lipinski definition) is 2. The molecule has 17 heavy (non-hydrogen) atoms. The minimum Gasteiger partial charge on any atom is -0.518 e. The predicted octanol–water partition coefficient (Wildman–Crippen LogP) is 5.42. The molecule has 0 saturated heterocycles. The van der Waals surface area contributed by atoms with E-state index in [-0.39, 0.29) is 15.8 Å². The molecule has 2 nitrogen and oxygen atoms in total. The van der Waals surface area contributed by atoms with Crippen LogP contribution in [0, 0.1) is 0 Å². The van der Waals surface area contributed by atoms with E-state index in [1.807, 2.05) is 20.0 Å². The van der Waals surface area contributed by atoms with Gasteiger partial charge in [0.05, 0.1) is 10.0 Å². The Kier molecular flexibility index (Phi) is 5.44. The van der Waals surface area contributed by atoms with E-state index in [0.717, 1.165) is 0 Å². The Balaban J connectivity index is 3.14. The maximum atomic E-state index is 6.04. The number of benzene rings is 1. The van der Waals surface area contributed by atoms with Gasteiger partial charge < -0.3 is 8.85 Å². The van der Waals surface area contributed by atoms with Crippen LogP contribution in [0.3, 0.4) is 0 Å². The average molecular weight is 334 g/mol. The maximum absolute atomic E-state index is 6.04. The molecule has 0 aliphatic carbocycles. The maximum Gasteiger partial charge on any atom is 0.392 e. The van der Waals surface area contributed by atoms with Crippen molar-refractivity contribution in [2.75, 3.05) is 6.61 Å². The summed E-state index contributed by atoms with van der Waals surface area (Å²) in [5, 5.41) is 1.11. The third kappa shape index (κ3) is 3.91. The van der Waals surface area contributed by atoms with Gasteiger partial charge in [-0.15, -0.1) is 0 Å². The Bertz CT molecular complexity index is 397. The lowest BCUT2D eigenvalue weighted by molar-refractivity contribution is 0.264. The second kappa shape index (κ2) is 6.00. The molecule has 0 N–H and O–H groups in total. The minimum atomic E-state index is -2.34. The Morgan fingerprint density at radius 1 is 1.06 bits per heavy atom. The van der Waals surface area contributed by atoms with Crippen molar-refractivity contribution in [1.29, 1.82) is 0 Å². The van der Waals surface area contributed by atoms with Crippen LogP contribution in [0.5, 0.6) is 5.75 Å². The monoisotopic (exact) mass is 332 g/mol. The lowest BCUT2D eigenvalue weighted by Gasteiger charge is -2.24. The molecule has 0 atom stereocenters. The summed E-state index contributed by atoms with van der Waals surface area (Å²) in [5.74, 6) is 0.288. The van der Waals surface area contributed by atoms with Crippen LogP contribution >= 0.6 is 46.4 Å². The molecule has 0 aliphatic heterocycles. The summed E-state index contributed by atoms with van der Waals surface area (Å²) in [5.41, 5.74) is 0. The van der Waals surface area contributed by atoms with Crippen LogP contribution < -0.4 is 4.43 Å². The van der Waals surface area contributed by atoms with Gasteiger partial charge in [0.2, 0.25) is 0 Å². The lowest BCUT2D eigenvalue weighted by atomic mass is 10.3. The molecule has 1 aromatic carbocycles. The quantitative estimate of drug-likeness (QED) is 0.541. The third-order valence-corrected chi connectivity index (χ3v) is 5.13. The fourth-order valence-electron chi connectivity index (χ4n) is 1.26. The highest BCUT2D eigenvalue weighted by atomic mass is 35.5. The van der Waals surface area contributed by atoms with Crippen LogP contribution in [-0.2, 0) is 4.43 Å². The third-order valence-electron chi connectivity index (χ3n) is 1.91. The molecule has 1 aromatic rings. The Morgan fingerprint density at radius 2 is 1.53 bits per heavy atom. The normalized spacial score (nSPS) is 11.7. The van der Waals surface area contributed by atoms with Gasteiger partial charge in [-0.3, -0.25) is 0 Å². The standard InChI is InChI=1S/C10H12Cl4O2Si/c1-4-15-17(2,3)16-10-8(13)6(11)5-7(12)9(10)14/h5H,4H2,1-3H3. The summed E-state index contributed by atoms with van der Waals surface area (Å²) in [6.07, 6.45) is 0. The first-order valence-corrected chi connectivity index (χ1v) is 9.27. The first-order chi connectivity index (χ1) is 7.78. The number of hydrogen-bond donors (Lipinski definition) is 0. The smallest absolute Gasteiger partial charge is 0.392 e. The van der Waals surface area contributed by atoms with Gasteiger partial charge >= 0.3 is 8.56 Å². The second-order valence-electron chi connectivity index (χ2n) is 3.73. The highest BCUT2D eigenvalue weighted by Crippen LogP contribution is 2.43. The lowest BCUT2D eigenvalue weighted by Crippen LogP contribution is -2.38. The van der Waals surface area contributed by atoms with Gasteiger partial charge in [0.25, 0.3) is 0 Å². The van der Waals surface area contributed by atoms with Crippen LogP contribution in [0.15, 0.2) is 6.07 Å². The van der Waals surface area contributed by atoms with Crippen LogP contribution in [0.2, 0.25) is 33.2 Å². The van der Waals surface area contributed by atoms with Crippen molar-refractivity contribution in [3.63, 3.8) is 0 Å². The van der Waals surface area contributed by atoms with E-state index in [4.69, 9.17) is 55.3 Å². The summed E-state index contributed by atoms with van der Waals surface area (Å²) < 4.78 is 11.3. The first kappa shape index (κ1) is 15.4. The molecule has 0 spiro atoms. The molecule has 96 valence electrons. The van der Waals surface area contributed by atoms with E-state index >= 15 is 0 Å². The zero-order valence-corrected chi connectivity index (χ0v) is 13.6. The van der Waals surface area contributed by atoms with Crippen molar-refractivity contribution in [2.45, 2.75) is 20.0 Å². The predicted molar refractivity (Wildman–Crippen MR) is 76.2 cm³/mol. The van der Waals surface area contributed by atoms with Crippen molar-refractivity contribution < 1.29 is 8.85 Å². The zero-order valence-electron chi connectivity index (χ0n) is 9.61. The average Bonchev–Trinajstić information content (AvgIpc) is 2.21. The van der Waals surface area contributed by atoms with Crippen molar-refractivity contribution in [3.8, 4) is 5.75 Å².